The van der Waals surface area contributed by atoms with E-state index in [-0.39, 0.29) is 33.6 Å². The molecule has 0 spiro atoms. The quantitative estimate of drug-likeness (QED) is 0.153. The number of halogens is 9. The first kappa shape index (κ1) is 62.8. The Balaban J connectivity index is 0.000000160. The van der Waals surface area contributed by atoms with E-state index in [0.29, 0.717) is 39.0 Å². The molecule has 16 rings (SSSR count). The van der Waals surface area contributed by atoms with Gasteiger partial charge < -0.3 is 18.3 Å². The average Bonchev–Trinajstić information content (AvgIpc) is 1.53. The van der Waals surface area contributed by atoms with E-state index in [2.05, 4.69) is 79.3 Å². The Bertz CT molecular complexity index is 5840. The van der Waals surface area contributed by atoms with Crippen molar-refractivity contribution in [1.82, 2.24) is 18.3 Å². The SMILES string of the molecule is Cc1cccc2c1c1c(C)cccc1n2-c1cc(-c2ccccc2C(F)(F)F)cc(C#N)c1-n1c2cccc(C)c2c2c(C)cccc21.Cc1cccc2c1c1c(C)cccc1n2-c1cc(-c2ccccc2C(F)(F)F)cc(C(F)(F)F)c1-n1c2cccc(C)c2c2c(C)cccc21. The summed E-state index contributed by atoms with van der Waals surface area (Å²) in [6, 6.07) is 65.6. The van der Waals surface area contributed by atoms with Crippen LogP contribution in [-0.4, -0.2) is 18.3 Å². The molecule has 0 unspecified atom stereocenters. The molecule has 5 nitrogen and oxygen atoms in total. The molecule has 4 aromatic heterocycles. The van der Waals surface area contributed by atoms with Crippen LogP contribution in [0, 0.1) is 66.7 Å². The number of aryl methyl sites for hydroxylation is 8. The number of alkyl halides is 9. The van der Waals surface area contributed by atoms with E-state index in [9.17, 15) is 31.6 Å². The number of benzene rings is 12. The van der Waals surface area contributed by atoms with Gasteiger partial charge in [-0.1, -0.05) is 133 Å². The number of fused-ring (bicyclic) bond motifs is 12. The van der Waals surface area contributed by atoms with Crippen LogP contribution >= 0.6 is 0 Å². The van der Waals surface area contributed by atoms with Crippen molar-refractivity contribution >= 4 is 87.2 Å². The molecule has 0 bridgehead atoms. The maximum Gasteiger partial charge on any atom is 0.418 e. The normalized spacial score (nSPS) is 12.3. The smallest absolute Gasteiger partial charge is 0.307 e. The molecule has 12 aromatic carbocycles. The van der Waals surface area contributed by atoms with Crippen LogP contribution < -0.4 is 0 Å². The van der Waals surface area contributed by atoms with Gasteiger partial charge >= 0.3 is 18.5 Å². The number of hydrogen-bond acceptors (Lipinski definition) is 1. The summed E-state index contributed by atoms with van der Waals surface area (Å²) in [5.41, 5.74) is 12.7. The van der Waals surface area contributed by atoms with Crippen LogP contribution in [0.4, 0.5) is 39.5 Å². The highest BCUT2D eigenvalue weighted by Crippen LogP contribution is 2.50. The second-order valence-electron chi connectivity index (χ2n) is 25.6. The van der Waals surface area contributed by atoms with Crippen LogP contribution in [0.15, 0.2) is 218 Å². The van der Waals surface area contributed by atoms with E-state index in [1.165, 1.54) is 36.4 Å². The van der Waals surface area contributed by atoms with Crippen LogP contribution in [0.25, 0.3) is 132 Å². The van der Waals surface area contributed by atoms with Crippen molar-refractivity contribution < 1.29 is 39.5 Å². The lowest BCUT2D eigenvalue weighted by atomic mass is 9.95. The first-order valence-electron chi connectivity index (χ1n) is 32.0. The fraction of sp³-hybridized carbons (Fsp3) is 0.131. The van der Waals surface area contributed by atoms with Gasteiger partial charge in [-0.05, 0) is 207 Å². The third-order valence-corrected chi connectivity index (χ3v) is 19.6. The van der Waals surface area contributed by atoms with E-state index in [1.807, 2.05) is 131 Å². The highest BCUT2D eigenvalue weighted by Gasteiger charge is 2.40. The average molecular weight is 1310 g/mol. The molecule has 0 aliphatic rings. The van der Waals surface area contributed by atoms with Gasteiger partial charge in [-0.25, -0.2) is 0 Å². The van der Waals surface area contributed by atoms with Crippen molar-refractivity contribution in [3.63, 3.8) is 0 Å². The molecule has 0 amide bonds. The number of rotatable bonds is 6. The van der Waals surface area contributed by atoms with Gasteiger partial charge in [-0.3, -0.25) is 0 Å². The summed E-state index contributed by atoms with van der Waals surface area (Å²) in [5.74, 6) is 0. The van der Waals surface area contributed by atoms with E-state index in [4.69, 9.17) is 0 Å². The molecule has 0 saturated carbocycles. The van der Waals surface area contributed by atoms with Crippen LogP contribution in [-0.2, 0) is 18.5 Å². The van der Waals surface area contributed by atoms with Crippen LogP contribution in [0.5, 0.6) is 0 Å². The van der Waals surface area contributed by atoms with Crippen molar-refractivity contribution in [3.05, 3.63) is 285 Å². The van der Waals surface area contributed by atoms with Gasteiger partial charge in [0, 0.05) is 43.1 Å². The van der Waals surface area contributed by atoms with E-state index in [1.54, 1.807) is 33.4 Å². The molecule has 0 N–H and O–H groups in total. The zero-order valence-corrected chi connectivity index (χ0v) is 54.4. The summed E-state index contributed by atoms with van der Waals surface area (Å²) >= 11 is 0. The molecule has 16 aromatic rings. The minimum Gasteiger partial charge on any atom is -0.307 e. The van der Waals surface area contributed by atoms with Crippen molar-refractivity contribution in [2.45, 2.75) is 73.9 Å². The topological polar surface area (TPSA) is 43.5 Å². The molecule has 4 heterocycles. The third kappa shape index (κ3) is 9.75. The fourth-order valence-electron chi connectivity index (χ4n) is 15.5. The Hall–Kier alpha value is -11.3. The molecular formula is C84H60F9N5. The van der Waals surface area contributed by atoms with E-state index < -0.39 is 35.2 Å². The van der Waals surface area contributed by atoms with Gasteiger partial charge in [-0.2, -0.15) is 44.8 Å². The van der Waals surface area contributed by atoms with Crippen molar-refractivity contribution in [2.75, 3.05) is 0 Å². The Morgan fingerprint density at radius 1 is 0.265 bits per heavy atom. The predicted molar refractivity (Wildman–Crippen MR) is 379 cm³/mol. The monoisotopic (exact) mass is 1310 g/mol. The van der Waals surface area contributed by atoms with Gasteiger partial charge in [0.1, 0.15) is 6.07 Å². The first-order valence-corrected chi connectivity index (χ1v) is 32.0. The number of nitriles is 1. The highest BCUT2D eigenvalue weighted by molar-refractivity contribution is 6.17. The Kier molecular flexibility index (Phi) is 14.7. The van der Waals surface area contributed by atoms with E-state index in [0.717, 1.165) is 128 Å². The van der Waals surface area contributed by atoms with Crippen molar-refractivity contribution in [2.24, 2.45) is 0 Å². The fourth-order valence-corrected chi connectivity index (χ4v) is 15.5. The summed E-state index contributed by atoms with van der Waals surface area (Å²) in [7, 11) is 0. The molecule has 0 atom stereocenters. The second-order valence-corrected chi connectivity index (χ2v) is 25.6. The number of hydrogen-bond donors (Lipinski definition) is 0. The van der Waals surface area contributed by atoms with Gasteiger partial charge in [-0.15, -0.1) is 0 Å². The molecule has 0 saturated heterocycles. The zero-order valence-electron chi connectivity index (χ0n) is 54.4. The molecule has 14 heteroatoms. The zero-order chi connectivity index (χ0) is 68.8. The summed E-state index contributed by atoms with van der Waals surface area (Å²) in [6.45, 7) is 16.1. The van der Waals surface area contributed by atoms with Crippen LogP contribution in [0.3, 0.4) is 0 Å². The standard InChI is InChI=1S/C42H30F6N2.C42H30F3N3/c1-23-11-7-17-31-36(23)37-24(2)12-8-18-32(37)49(31)35-22-27(28-15-5-6-16-29(28)41(43,44)45)21-30(42(46,47)48)40(35)50-33-19-9-13-25(3)38(33)39-26(4)14-10-20-34(39)50;1-24-11-7-17-32-37(24)38-25(2)12-8-18-33(38)47(32)36-22-28(30-15-5-6-16-31(30)42(43,44)45)21-29(23-46)41(36)48-34-19-9-13-26(3)39(34)40-27(4)14-10-20-35(40)48/h5-22H,1-4H3;5-22H,1-4H3. The largest absolute Gasteiger partial charge is 0.418 e. The minimum atomic E-state index is -4.95. The van der Waals surface area contributed by atoms with Crippen molar-refractivity contribution in [1.29, 1.82) is 5.26 Å². The number of nitrogens with zero attached hydrogens (tertiary/aromatic N) is 5. The van der Waals surface area contributed by atoms with Gasteiger partial charge in [0.05, 0.1) is 89.1 Å². The minimum absolute atomic E-state index is 0.0244. The second kappa shape index (κ2) is 22.9. The van der Waals surface area contributed by atoms with Crippen molar-refractivity contribution in [3.8, 4) is 51.1 Å². The Morgan fingerprint density at radius 2 is 0.510 bits per heavy atom. The molecule has 0 aliphatic heterocycles. The Labute approximate surface area is 557 Å². The lowest BCUT2D eigenvalue weighted by molar-refractivity contribution is -0.138. The van der Waals surface area contributed by atoms with Gasteiger partial charge in [0.15, 0.2) is 0 Å². The number of aromatic nitrogens is 4. The lowest BCUT2D eigenvalue weighted by Crippen LogP contribution is -2.15. The molecule has 98 heavy (non-hydrogen) atoms. The maximum atomic E-state index is 15.8. The summed E-state index contributed by atoms with van der Waals surface area (Å²) in [6.07, 6.45) is -14.3. The first-order chi connectivity index (χ1) is 46.9. The Morgan fingerprint density at radius 3 is 0.786 bits per heavy atom. The van der Waals surface area contributed by atoms with E-state index >= 15 is 13.2 Å². The van der Waals surface area contributed by atoms with Crippen LogP contribution in [0.2, 0.25) is 0 Å². The summed E-state index contributed by atoms with van der Waals surface area (Å²) in [5, 5.41) is 18.6. The summed E-state index contributed by atoms with van der Waals surface area (Å²) < 4.78 is 142. The predicted octanol–water partition coefficient (Wildman–Crippen LogP) is 24.5. The molecule has 0 fully saturated rings. The summed E-state index contributed by atoms with van der Waals surface area (Å²) in [4.78, 5) is 0. The maximum absolute atomic E-state index is 15.8. The molecular weight excluding hydrogens is 1250 g/mol. The molecule has 0 aliphatic carbocycles. The molecule has 0 radical (unpaired) electrons. The van der Waals surface area contributed by atoms with Gasteiger partial charge in [0.2, 0.25) is 0 Å². The molecule has 484 valence electrons. The third-order valence-electron chi connectivity index (χ3n) is 19.6. The van der Waals surface area contributed by atoms with Gasteiger partial charge in [0.25, 0.3) is 0 Å². The van der Waals surface area contributed by atoms with Crippen LogP contribution in [0.1, 0.15) is 66.8 Å². The lowest BCUT2D eigenvalue weighted by Gasteiger charge is -2.24. The highest BCUT2D eigenvalue weighted by atomic mass is 19.4.